The van der Waals surface area contributed by atoms with Crippen LogP contribution in [0, 0.1) is 0 Å². The summed E-state index contributed by atoms with van der Waals surface area (Å²) in [6.07, 6.45) is 1.23. The van der Waals surface area contributed by atoms with Crippen molar-refractivity contribution in [2.75, 3.05) is 11.4 Å². The van der Waals surface area contributed by atoms with Crippen LogP contribution in [0.4, 0.5) is 10.5 Å². The smallest absolute Gasteiger partial charge is 0.414 e. The quantitative estimate of drug-likeness (QED) is 0.772. The molecule has 154 valence electrons. The first-order chi connectivity index (χ1) is 13.6. The van der Waals surface area contributed by atoms with Crippen LogP contribution in [0.15, 0.2) is 36.4 Å². The van der Waals surface area contributed by atoms with Gasteiger partial charge < -0.3 is 10.1 Å². The number of pyridine rings is 1. The zero-order chi connectivity index (χ0) is 21.2. The average molecular weight is 416 g/mol. The normalized spacial score (nSPS) is 14.7. The number of carbonyl (C=O) groups excluding carboxylic acids is 2. The summed E-state index contributed by atoms with van der Waals surface area (Å²) in [5.41, 5.74) is 2.34. The molecule has 0 spiro atoms. The first kappa shape index (κ1) is 21.1. The third-order valence-electron chi connectivity index (χ3n) is 4.57. The highest BCUT2D eigenvalue weighted by Crippen LogP contribution is 2.29. The largest absolute Gasteiger partial charge is 0.443 e. The van der Waals surface area contributed by atoms with E-state index in [2.05, 4.69) is 5.32 Å². The predicted molar refractivity (Wildman–Crippen MR) is 113 cm³/mol. The zero-order valence-electron chi connectivity index (χ0n) is 17.2. The first-order valence-corrected chi connectivity index (χ1v) is 10.1. The number of fused-ring (bicyclic) bond motifs is 1. The summed E-state index contributed by atoms with van der Waals surface area (Å²) in [5, 5.41) is 3.54. The highest BCUT2D eigenvalue weighted by atomic mass is 35.5. The van der Waals surface area contributed by atoms with Crippen molar-refractivity contribution >= 4 is 29.3 Å². The Bertz CT molecular complexity index is 907. The highest BCUT2D eigenvalue weighted by Gasteiger charge is 2.28. The minimum atomic E-state index is -0.553. The van der Waals surface area contributed by atoms with Gasteiger partial charge in [-0.15, -0.1) is 0 Å². The monoisotopic (exact) mass is 415 g/mol. The van der Waals surface area contributed by atoms with Crippen LogP contribution >= 0.6 is 11.6 Å². The van der Waals surface area contributed by atoms with Crippen LogP contribution in [-0.4, -0.2) is 29.1 Å². The van der Waals surface area contributed by atoms with Crippen molar-refractivity contribution < 1.29 is 14.3 Å². The number of rotatable bonds is 3. The summed E-state index contributed by atoms with van der Waals surface area (Å²) >= 11 is 5.88. The van der Waals surface area contributed by atoms with Crippen molar-refractivity contribution in [3.63, 3.8) is 0 Å². The SMILES string of the molecule is CC(NC(=O)c1ccc(Cl)cc1)c1ccc2c(n1)CCCN2C(=O)OC(C)(C)C. The van der Waals surface area contributed by atoms with Gasteiger partial charge in [0.25, 0.3) is 5.91 Å². The van der Waals surface area contributed by atoms with Gasteiger partial charge in [-0.05, 0) is 76.9 Å². The Hall–Kier alpha value is -2.60. The van der Waals surface area contributed by atoms with Crippen LogP contribution < -0.4 is 10.2 Å². The minimum Gasteiger partial charge on any atom is -0.443 e. The van der Waals surface area contributed by atoms with E-state index in [0.29, 0.717) is 17.1 Å². The molecule has 29 heavy (non-hydrogen) atoms. The molecule has 2 amide bonds. The molecule has 0 saturated heterocycles. The summed E-state index contributed by atoms with van der Waals surface area (Å²) < 4.78 is 5.51. The molecular weight excluding hydrogens is 390 g/mol. The van der Waals surface area contributed by atoms with Gasteiger partial charge in [0.15, 0.2) is 0 Å². The lowest BCUT2D eigenvalue weighted by molar-refractivity contribution is 0.0577. The predicted octanol–water partition coefficient (Wildman–Crippen LogP) is 4.91. The third kappa shape index (κ3) is 5.26. The average Bonchev–Trinajstić information content (AvgIpc) is 2.66. The van der Waals surface area contributed by atoms with Gasteiger partial charge >= 0.3 is 6.09 Å². The fourth-order valence-electron chi connectivity index (χ4n) is 3.17. The molecular formula is C22H26ClN3O3. The standard InChI is InChI=1S/C22H26ClN3O3/c1-14(24-20(27)15-7-9-16(23)10-8-15)17-11-12-19-18(25-17)6-5-13-26(19)21(28)29-22(2,3)4/h7-12,14H,5-6,13H2,1-4H3,(H,24,27). The molecule has 1 aromatic carbocycles. The molecule has 1 aliphatic heterocycles. The zero-order valence-corrected chi connectivity index (χ0v) is 17.9. The summed E-state index contributed by atoms with van der Waals surface area (Å²) in [4.78, 5) is 31.3. The lowest BCUT2D eigenvalue weighted by atomic mass is 10.1. The Labute approximate surface area is 176 Å². The lowest BCUT2D eigenvalue weighted by Crippen LogP contribution is -2.40. The van der Waals surface area contributed by atoms with Crippen molar-refractivity contribution in [3.8, 4) is 0 Å². The molecule has 1 aromatic heterocycles. The fraction of sp³-hybridized carbons (Fsp3) is 0.409. The van der Waals surface area contributed by atoms with Gasteiger partial charge in [-0.2, -0.15) is 0 Å². The van der Waals surface area contributed by atoms with Gasteiger partial charge in [0.2, 0.25) is 0 Å². The number of nitrogens with zero attached hydrogens (tertiary/aromatic N) is 2. The van der Waals surface area contributed by atoms with Crippen LogP contribution in [0.2, 0.25) is 5.02 Å². The second kappa shape index (κ2) is 8.41. The van der Waals surface area contributed by atoms with E-state index in [1.165, 1.54) is 0 Å². The number of halogens is 1. The van der Waals surface area contributed by atoms with Gasteiger partial charge in [0.1, 0.15) is 5.60 Å². The molecule has 2 aromatic rings. The molecule has 3 rings (SSSR count). The van der Waals surface area contributed by atoms with E-state index < -0.39 is 5.60 Å². The number of aromatic nitrogens is 1. The molecule has 7 heteroatoms. The van der Waals surface area contributed by atoms with E-state index in [1.54, 1.807) is 29.2 Å². The van der Waals surface area contributed by atoms with Crippen LogP contribution in [-0.2, 0) is 11.2 Å². The Kier molecular flexibility index (Phi) is 6.13. The van der Waals surface area contributed by atoms with Gasteiger partial charge in [0.05, 0.1) is 23.1 Å². The van der Waals surface area contributed by atoms with E-state index in [-0.39, 0.29) is 18.0 Å². The number of anilines is 1. The number of hydrogen-bond acceptors (Lipinski definition) is 4. The van der Waals surface area contributed by atoms with Crippen molar-refractivity contribution in [3.05, 3.63) is 58.4 Å². The second-order valence-electron chi connectivity index (χ2n) is 8.14. The maximum atomic E-state index is 12.5. The molecule has 0 aliphatic carbocycles. The van der Waals surface area contributed by atoms with E-state index in [1.807, 2.05) is 39.8 Å². The fourth-order valence-corrected chi connectivity index (χ4v) is 3.29. The molecule has 1 N–H and O–H groups in total. The van der Waals surface area contributed by atoms with Crippen LogP contribution in [0.25, 0.3) is 0 Å². The summed E-state index contributed by atoms with van der Waals surface area (Å²) in [6, 6.07) is 10.2. The van der Waals surface area contributed by atoms with Crippen molar-refractivity contribution in [2.45, 2.75) is 52.2 Å². The van der Waals surface area contributed by atoms with E-state index in [0.717, 1.165) is 29.9 Å². The highest BCUT2D eigenvalue weighted by molar-refractivity contribution is 6.30. The molecule has 6 nitrogen and oxygen atoms in total. The van der Waals surface area contributed by atoms with E-state index in [9.17, 15) is 9.59 Å². The Balaban J connectivity index is 1.74. The number of ether oxygens (including phenoxy) is 1. The van der Waals surface area contributed by atoms with Gasteiger partial charge in [-0.1, -0.05) is 11.6 Å². The van der Waals surface area contributed by atoms with Crippen LogP contribution in [0.5, 0.6) is 0 Å². The summed E-state index contributed by atoms with van der Waals surface area (Å²) in [6.45, 7) is 8.04. The molecule has 2 heterocycles. The Morgan fingerprint density at radius 2 is 1.86 bits per heavy atom. The molecule has 1 unspecified atom stereocenters. The van der Waals surface area contributed by atoms with Crippen molar-refractivity contribution in [1.82, 2.24) is 10.3 Å². The number of carbonyl (C=O) groups is 2. The molecule has 0 bridgehead atoms. The van der Waals surface area contributed by atoms with Crippen molar-refractivity contribution in [1.29, 1.82) is 0 Å². The second-order valence-corrected chi connectivity index (χ2v) is 8.58. The van der Waals surface area contributed by atoms with Crippen LogP contribution in [0.1, 0.15) is 61.9 Å². The number of hydrogen-bond donors (Lipinski definition) is 1. The van der Waals surface area contributed by atoms with Crippen LogP contribution in [0.3, 0.4) is 0 Å². The maximum Gasteiger partial charge on any atom is 0.414 e. The molecule has 1 aliphatic rings. The minimum absolute atomic E-state index is 0.191. The van der Waals surface area contributed by atoms with E-state index >= 15 is 0 Å². The van der Waals surface area contributed by atoms with Crippen molar-refractivity contribution in [2.24, 2.45) is 0 Å². The number of nitrogens with one attached hydrogen (secondary N) is 1. The molecule has 0 saturated carbocycles. The molecule has 0 radical (unpaired) electrons. The molecule has 0 fully saturated rings. The van der Waals surface area contributed by atoms with Gasteiger partial charge in [-0.25, -0.2) is 4.79 Å². The Morgan fingerprint density at radius 1 is 1.17 bits per heavy atom. The number of benzene rings is 1. The van der Waals surface area contributed by atoms with Gasteiger partial charge in [-0.3, -0.25) is 14.7 Å². The lowest BCUT2D eigenvalue weighted by Gasteiger charge is -2.31. The van der Waals surface area contributed by atoms with E-state index in [4.69, 9.17) is 21.3 Å². The third-order valence-corrected chi connectivity index (χ3v) is 4.82. The summed E-state index contributed by atoms with van der Waals surface area (Å²) in [5.74, 6) is -0.191. The Morgan fingerprint density at radius 3 is 2.52 bits per heavy atom. The first-order valence-electron chi connectivity index (χ1n) is 9.71. The maximum absolute atomic E-state index is 12.5. The summed E-state index contributed by atoms with van der Waals surface area (Å²) in [7, 11) is 0. The molecule has 1 atom stereocenters. The number of amides is 2. The number of aryl methyl sites for hydroxylation is 1. The van der Waals surface area contributed by atoms with Gasteiger partial charge in [0, 0.05) is 17.1 Å². The topological polar surface area (TPSA) is 71.5 Å².